The Morgan fingerprint density at radius 1 is 1.19 bits per heavy atom. The Morgan fingerprint density at radius 2 is 2.03 bits per heavy atom. The molecule has 2 aromatic heterocycles. The summed E-state index contributed by atoms with van der Waals surface area (Å²) in [6.07, 6.45) is 2.02. The van der Waals surface area contributed by atoms with Crippen molar-refractivity contribution in [3.8, 4) is 16.3 Å². The van der Waals surface area contributed by atoms with Gasteiger partial charge in [0.2, 0.25) is 0 Å². The van der Waals surface area contributed by atoms with E-state index in [1.807, 2.05) is 61.1 Å². The zero-order valence-electron chi connectivity index (χ0n) is 18.6. The van der Waals surface area contributed by atoms with Gasteiger partial charge in [-0.15, -0.1) is 0 Å². The summed E-state index contributed by atoms with van der Waals surface area (Å²) in [7, 11) is 1.65. The summed E-state index contributed by atoms with van der Waals surface area (Å²) in [5.74, 6) is 0.761. The van der Waals surface area contributed by atoms with Crippen LogP contribution in [0.25, 0.3) is 21.5 Å². The number of thiazole rings is 1. The van der Waals surface area contributed by atoms with Gasteiger partial charge in [0.15, 0.2) is 0 Å². The van der Waals surface area contributed by atoms with Crippen LogP contribution < -0.4 is 10.1 Å². The van der Waals surface area contributed by atoms with Gasteiger partial charge in [0.25, 0.3) is 0 Å². The Labute approximate surface area is 191 Å². The molecule has 0 atom stereocenters. The van der Waals surface area contributed by atoms with Crippen molar-refractivity contribution in [2.24, 2.45) is 0 Å². The van der Waals surface area contributed by atoms with Crippen LogP contribution in [-0.4, -0.2) is 28.0 Å². The zero-order chi connectivity index (χ0) is 22.7. The van der Waals surface area contributed by atoms with Gasteiger partial charge in [0, 0.05) is 11.9 Å². The van der Waals surface area contributed by atoms with Crippen LogP contribution in [0.4, 0.5) is 9.80 Å². The second kappa shape index (κ2) is 9.40. The molecule has 0 aliphatic rings. The molecule has 1 amide bonds. The molecule has 0 spiro atoms. The molecule has 32 heavy (non-hydrogen) atoms. The summed E-state index contributed by atoms with van der Waals surface area (Å²) in [6, 6.07) is 11.9. The molecule has 0 aliphatic carbocycles. The molecule has 0 saturated carbocycles. The SMILES string of the molecule is CCc1nc(-c2ccc(C)cc2OC)sc1NC(=O)OCc1ccc2c(cnn2CC)c1. The number of benzene rings is 2. The van der Waals surface area contributed by atoms with E-state index >= 15 is 0 Å². The van der Waals surface area contributed by atoms with Crippen LogP contribution in [0.2, 0.25) is 0 Å². The van der Waals surface area contributed by atoms with Crippen LogP contribution in [0, 0.1) is 6.92 Å². The van der Waals surface area contributed by atoms with E-state index in [9.17, 15) is 4.79 Å². The number of nitrogens with zero attached hydrogens (tertiary/aromatic N) is 3. The number of nitrogens with one attached hydrogen (secondary N) is 1. The summed E-state index contributed by atoms with van der Waals surface area (Å²) in [4.78, 5) is 17.2. The molecular formula is C24H26N4O3S. The van der Waals surface area contributed by atoms with Gasteiger partial charge in [-0.3, -0.25) is 10.00 Å². The molecule has 4 aromatic rings. The number of amides is 1. The van der Waals surface area contributed by atoms with Crippen LogP contribution >= 0.6 is 11.3 Å². The molecule has 4 rings (SSSR count). The zero-order valence-corrected chi connectivity index (χ0v) is 19.5. The number of aryl methyl sites for hydroxylation is 3. The normalized spacial score (nSPS) is 11.0. The minimum atomic E-state index is -0.505. The third-order valence-corrected chi connectivity index (χ3v) is 6.26. The smallest absolute Gasteiger partial charge is 0.412 e. The van der Waals surface area contributed by atoms with Gasteiger partial charge < -0.3 is 9.47 Å². The fourth-order valence-corrected chi connectivity index (χ4v) is 4.61. The minimum absolute atomic E-state index is 0.179. The Hall–Kier alpha value is -3.39. The summed E-state index contributed by atoms with van der Waals surface area (Å²) in [5, 5.41) is 9.73. The Kier molecular flexibility index (Phi) is 6.41. The number of anilines is 1. The summed E-state index contributed by atoms with van der Waals surface area (Å²) >= 11 is 1.42. The Balaban J connectivity index is 1.46. The van der Waals surface area contributed by atoms with E-state index in [0.29, 0.717) is 11.4 Å². The molecule has 8 heteroatoms. The first-order valence-electron chi connectivity index (χ1n) is 10.5. The number of hydrogen-bond donors (Lipinski definition) is 1. The van der Waals surface area contributed by atoms with E-state index in [4.69, 9.17) is 14.5 Å². The molecule has 2 heterocycles. The molecule has 166 valence electrons. The van der Waals surface area contributed by atoms with Crippen LogP contribution in [-0.2, 0) is 24.3 Å². The summed E-state index contributed by atoms with van der Waals surface area (Å²) < 4.78 is 12.9. The molecule has 0 saturated heterocycles. The van der Waals surface area contributed by atoms with Crippen LogP contribution in [0.3, 0.4) is 0 Å². The first kappa shape index (κ1) is 21.8. The van der Waals surface area contributed by atoms with Gasteiger partial charge in [-0.2, -0.15) is 5.10 Å². The van der Waals surface area contributed by atoms with Crippen molar-refractivity contribution in [2.45, 2.75) is 40.3 Å². The van der Waals surface area contributed by atoms with Gasteiger partial charge >= 0.3 is 6.09 Å². The maximum absolute atomic E-state index is 12.5. The molecule has 0 fully saturated rings. The van der Waals surface area contributed by atoms with E-state index in [-0.39, 0.29) is 6.61 Å². The number of hydrogen-bond acceptors (Lipinski definition) is 6. The molecule has 0 radical (unpaired) electrons. The lowest BCUT2D eigenvalue weighted by Gasteiger charge is -2.07. The first-order valence-corrected chi connectivity index (χ1v) is 11.4. The standard InChI is InChI=1S/C24H26N4O3S/c1-5-19-23(32-22(26-19)18-9-7-15(3)11-21(18)30-4)27-24(29)31-14-16-8-10-20-17(12-16)13-25-28(20)6-2/h7-13H,5-6,14H2,1-4H3,(H,27,29). The van der Waals surface area contributed by atoms with Gasteiger partial charge in [-0.1, -0.05) is 30.4 Å². The van der Waals surface area contributed by atoms with E-state index in [1.54, 1.807) is 7.11 Å². The number of methoxy groups -OCH3 is 1. The van der Waals surface area contributed by atoms with Gasteiger partial charge in [-0.25, -0.2) is 9.78 Å². The molecule has 1 N–H and O–H groups in total. The van der Waals surface area contributed by atoms with Crippen molar-refractivity contribution in [2.75, 3.05) is 12.4 Å². The number of rotatable bonds is 7. The highest BCUT2D eigenvalue weighted by Gasteiger charge is 2.17. The van der Waals surface area contributed by atoms with E-state index in [2.05, 4.69) is 17.3 Å². The van der Waals surface area contributed by atoms with Crippen molar-refractivity contribution in [1.82, 2.24) is 14.8 Å². The fourth-order valence-electron chi connectivity index (χ4n) is 3.54. The van der Waals surface area contributed by atoms with E-state index < -0.39 is 6.09 Å². The average molecular weight is 451 g/mol. The van der Waals surface area contributed by atoms with Crippen molar-refractivity contribution in [1.29, 1.82) is 0 Å². The number of carbonyl (C=O) groups is 1. The maximum Gasteiger partial charge on any atom is 0.412 e. The predicted molar refractivity (Wildman–Crippen MR) is 127 cm³/mol. The lowest BCUT2D eigenvalue weighted by molar-refractivity contribution is 0.155. The Bertz CT molecular complexity index is 1260. The highest BCUT2D eigenvalue weighted by Crippen LogP contribution is 2.37. The molecule has 0 unspecified atom stereocenters. The van der Waals surface area contributed by atoms with Gasteiger partial charge in [-0.05, 0) is 55.7 Å². The number of aromatic nitrogens is 3. The second-order valence-electron chi connectivity index (χ2n) is 7.41. The average Bonchev–Trinajstić information content (AvgIpc) is 3.40. The van der Waals surface area contributed by atoms with Gasteiger partial charge in [0.05, 0.1) is 30.1 Å². The first-order chi connectivity index (χ1) is 15.5. The van der Waals surface area contributed by atoms with Crippen LogP contribution in [0.5, 0.6) is 5.75 Å². The van der Waals surface area contributed by atoms with Crippen LogP contribution in [0.15, 0.2) is 42.6 Å². The third kappa shape index (κ3) is 4.45. The fraction of sp³-hybridized carbons (Fsp3) is 0.292. The third-order valence-electron chi connectivity index (χ3n) is 5.21. The lowest BCUT2D eigenvalue weighted by atomic mass is 10.1. The minimum Gasteiger partial charge on any atom is -0.496 e. The van der Waals surface area contributed by atoms with Crippen LogP contribution in [0.1, 0.15) is 30.7 Å². The molecule has 2 aromatic carbocycles. The number of fused-ring (bicyclic) bond motifs is 1. The van der Waals surface area contributed by atoms with Crippen molar-refractivity contribution in [3.63, 3.8) is 0 Å². The number of carbonyl (C=O) groups excluding carboxylic acids is 1. The molecule has 0 bridgehead atoms. The van der Waals surface area contributed by atoms with Crippen molar-refractivity contribution < 1.29 is 14.3 Å². The highest BCUT2D eigenvalue weighted by atomic mass is 32.1. The molecule has 0 aliphatic heterocycles. The lowest BCUT2D eigenvalue weighted by Crippen LogP contribution is -2.13. The quantitative estimate of drug-likeness (QED) is 0.384. The van der Waals surface area contributed by atoms with Crippen molar-refractivity contribution in [3.05, 3.63) is 59.4 Å². The monoisotopic (exact) mass is 450 g/mol. The molecular weight excluding hydrogens is 424 g/mol. The molecule has 7 nitrogen and oxygen atoms in total. The summed E-state index contributed by atoms with van der Waals surface area (Å²) in [6.45, 7) is 7.07. The van der Waals surface area contributed by atoms with Gasteiger partial charge in [0.1, 0.15) is 22.4 Å². The topological polar surface area (TPSA) is 78.3 Å². The Morgan fingerprint density at radius 3 is 2.78 bits per heavy atom. The number of ether oxygens (including phenoxy) is 2. The van der Waals surface area contributed by atoms with E-state index in [0.717, 1.165) is 50.6 Å². The van der Waals surface area contributed by atoms with E-state index in [1.165, 1.54) is 11.3 Å². The maximum atomic E-state index is 12.5. The highest BCUT2D eigenvalue weighted by molar-refractivity contribution is 7.19. The predicted octanol–water partition coefficient (Wildman–Crippen LogP) is 5.81. The van der Waals surface area contributed by atoms with Crippen molar-refractivity contribution >= 4 is 33.3 Å². The second-order valence-corrected chi connectivity index (χ2v) is 8.41. The summed E-state index contributed by atoms with van der Waals surface area (Å²) in [5.41, 5.74) is 4.81. The largest absolute Gasteiger partial charge is 0.496 e.